The van der Waals surface area contributed by atoms with Gasteiger partial charge in [0.15, 0.2) is 0 Å². The van der Waals surface area contributed by atoms with Crippen molar-refractivity contribution >= 4 is 16.7 Å². The molecule has 18 heavy (non-hydrogen) atoms. The topological polar surface area (TPSA) is 58.5 Å². The molecule has 1 saturated heterocycles. The van der Waals surface area contributed by atoms with Crippen LogP contribution in [0.15, 0.2) is 0 Å². The van der Waals surface area contributed by atoms with Gasteiger partial charge >= 0.3 is 0 Å². The van der Waals surface area contributed by atoms with E-state index in [2.05, 4.69) is 28.1 Å². The van der Waals surface area contributed by atoms with E-state index >= 15 is 0 Å². The maximum absolute atomic E-state index is 9.55. The van der Waals surface area contributed by atoms with Crippen LogP contribution in [-0.4, -0.2) is 46.4 Å². The van der Waals surface area contributed by atoms with E-state index in [4.69, 9.17) is 4.74 Å². The third-order valence-corrected chi connectivity index (χ3v) is 3.80. The summed E-state index contributed by atoms with van der Waals surface area (Å²) < 4.78 is 9.88. The lowest BCUT2D eigenvalue weighted by Gasteiger charge is -2.35. The minimum atomic E-state index is -0.323. The molecule has 2 unspecified atom stereocenters. The van der Waals surface area contributed by atoms with Crippen LogP contribution in [-0.2, 0) is 4.74 Å². The van der Waals surface area contributed by atoms with Crippen LogP contribution < -0.4 is 4.90 Å². The van der Waals surface area contributed by atoms with Gasteiger partial charge in [-0.15, -0.1) is 0 Å². The van der Waals surface area contributed by atoms with Gasteiger partial charge in [-0.25, -0.2) is 4.98 Å². The van der Waals surface area contributed by atoms with Crippen molar-refractivity contribution in [1.29, 1.82) is 0 Å². The first-order valence-corrected chi connectivity index (χ1v) is 7.21. The minimum absolute atomic E-state index is 0.201. The molecule has 102 valence electrons. The Morgan fingerprint density at radius 2 is 2.28 bits per heavy atom. The van der Waals surface area contributed by atoms with Crippen LogP contribution in [0.3, 0.4) is 0 Å². The number of morpholine rings is 1. The molecule has 2 atom stereocenters. The Kier molecular flexibility index (Phi) is 4.53. The number of aromatic nitrogens is 2. The molecule has 1 aliphatic heterocycles. The maximum atomic E-state index is 9.55. The predicted octanol–water partition coefficient (Wildman–Crippen LogP) is 1.64. The Hall–Kier alpha value is -0.720. The molecule has 1 aromatic heterocycles. The average molecular weight is 271 g/mol. The van der Waals surface area contributed by atoms with Crippen LogP contribution in [0, 0.1) is 0 Å². The van der Waals surface area contributed by atoms with Crippen molar-refractivity contribution in [3.8, 4) is 0 Å². The summed E-state index contributed by atoms with van der Waals surface area (Å²) in [6.45, 7) is 8.20. The number of aliphatic hydroxyl groups excluding tert-OH is 1. The fourth-order valence-electron chi connectivity index (χ4n) is 2.07. The highest BCUT2D eigenvalue weighted by molar-refractivity contribution is 7.09. The van der Waals surface area contributed by atoms with Crippen molar-refractivity contribution < 1.29 is 9.84 Å². The van der Waals surface area contributed by atoms with Gasteiger partial charge in [0, 0.05) is 24.0 Å². The van der Waals surface area contributed by atoms with Crippen LogP contribution in [0.1, 0.15) is 38.9 Å². The van der Waals surface area contributed by atoms with Gasteiger partial charge in [-0.05, 0) is 13.3 Å². The second kappa shape index (κ2) is 5.95. The zero-order chi connectivity index (χ0) is 13.1. The Bertz CT molecular complexity index is 381. The third kappa shape index (κ3) is 3.18. The lowest BCUT2D eigenvalue weighted by Crippen LogP contribution is -2.46. The Morgan fingerprint density at radius 1 is 1.50 bits per heavy atom. The zero-order valence-electron chi connectivity index (χ0n) is 11.2. The fraction of sp³-hybridized carbons (Fsp3) is 0.833. The summed E-state index contributed by atoms with van der Waals surface area (Å²) in [5.74, 6) is 1.25. The monoisotopic (exact) mass is 271 g/mol. The smallest absolute Gasteiger partial charge is 0.205 e. The number of anilines is 1. The van der Waals surface area contributed by atoms with E-state index in [0.717, 1.165) is 17.5 Å². The van der Waals surface area contributed by atoms with Gasteiger partial charge in [0.25, 0.3) is 0 Å². The number of hydrogen-bond donors (Lipinski definition) is 1. The van der Waals surface area contributed by atoms with Crippen LogP contribution in [0.5, 0.6) is 0 Å². The lowest BCUT2D eigenvalue weighted by atomic mass is 10.1. The van der Waals surface area contributed by atoms with E-state index in [1.54, 1.807) is 0 Å². The van der Waals surface area contributed by atoms with Crippen molar-refractivity contribution in [2.75, 3.05) is 24.7 Å². The maximum Gasteiger partial charge on any atom is 0.205 e. The molecule has 2 heterocycles. The lowest BCUT2D eigenvalue weighted by molar-refractivity contribution is 0.0721. The molecular weight excluding hydrogens is 250 g/mol. The third-order valence-electron chi connectivity index (χ3n) is 3.03. The zero-order valence-corrected chi connectivity index (χ0v) is 12.0. The van der Waals surface area contributed by atoms with Gasteiger partial charge in [-0.2, -0.15) is 4.37 Å². The fourth-order valence-corrected chi connectivity index (χ4v) is 2.98. The molecule has 0 amide bonds. The molecular formula is C12H21N3O2S. The van der Waals surface area contributed by atoms with E-state index in [-0.39, 0.29) is 12.1 Å². The van der Waals surface area contributed by atoms with E-state index in [0.29, 0.717) is 25.6 Å². The number of ether oxygens (including phenoxy) is 1. The second-order valence-electron chi connectivity index (χ2n) is 5.10. The highest BCUT2D eigenvalue weighted by atomic mass is 32.1. The van der Waals surface area contributed by atoms with E-state index in [1.165, 1.54) is 11.5 Å². The molecule has 0 bridgehead atoms. The average Bonchev–Trinajstić information content (AvgIpc) is 2.78. The molecule has 2 rings (SSSR count). The summed E-state index contributed by atoms with van der Waals surface area (Å²) in [4.78, 5) is 6.81. The van der Waals surface area contributed by atoms with E-state index in [1.807, 2.05) is 6.92 Å². The molecule has 1 aromatic rings. The molecule has 1 fully saturated rings. The van der Waals surface area contributed by atoms with E-state index < -0.39 is 0 Å². The van der Waals surface area contributed by atoms with Gasteiger partial charge in [-0.3, -0.25) is 0 Å². The molecule has 0 spiro atoms. The summed E-state index contributed by atoms with van der Waals surface area (Å²) in [6.07, 6.45) is 0.382. The van der Waals surface area contributed by atoms with Crippen LogP contribution in [0.2, 0.25) is 0 Å². The first-order chi connectivity index (χ1) is 8.58. The molecule has 5 nitrogen and oxygen atoms in total. The minimum Gasteiger partial charge on any atom is -0.393 e. The Labute approximate surface area is 112 Å². The highest BCUT2D eigenvalue weighted by Gasteiger charge is 2.27. The molecule has 6 heteroatoms. The number of hydrogen-bond acceptors (Lipinski definition) is 6. The quantitative estimate of drug-likeness (QED) is 0.902. The van der Waals surface area contributed by atoms with Gasteiger partial charge in [0.2, 0.25) is 5.13 Å². The molecule has 0 aromatic carbocycles. The summed E-state index contributed by atoms with van der Waals surface area (Å²) in [6, 6.07) is 0.201. The van der Waals surface area contributed by atoms with Crippen molar-refractivity contribution in [2.45, 2.75) is 45.3 Å². The van der Waals surface area contributed by atoms with Crippen molar-refractivity contribution in [3.63, 3.8) is 0 Å². The molecule has 1 N–H and O–H groups in total. The van der Waals surface area contributed by atoms with Crippen LogP contribution in [0.25, 0.3) is 0 Å². The first kappa shape index (κ1) is 13.7. The van der Waals surface area contributed by atoms with Gasteiger partial charge < -0.3 is 14.7 Å². The van der Waals surface area contributed by atoms with Crippen molar-refractivity contribution in [1.82, 2.24) is 9.36 Å². The first-order valence-electron chi connectivity index (χ1n) is 6.44. The SMILES string of the molecule is CC(O)CC1COCCN1c1nc(C(C)C)ns1. The number of aliphatic hydroxyl groups is 1. The predicted molar refractivity (Wildman–Crippen MR) is 72.2 cm³/mol. The van der Waals surface area contributed by atoms with Crippen molar-refractivity contribution in [3.05, 3.63) is 5.82 Å². The summed E-state index contributed by atoms with van der Waals surface area (Å²) in [5, 5.41) is 10.5. The van der Waals surface area contributed by atoms with Gasteiger partial charge in [-0.1, -0.05) is 13.8 Å². The number of nitrogens with zero attached hydrogens (tertiary/aromatic N) is 3. The molecule has 0 aliphatic carbocycles. The second-order valence-corrected chi connectivity index (χ2v) is 5.83. The van der Waals surface area contributed by atoms with E-state index in [9.17, 15) is 5.11 Å². The van der Waals surface area contributed by atoms with Crippen LogP contribution in [0.4, 0.5) is 5.13 Å². The summed E-state index contributed by atoms with van der Waals surface area (Å²) in [5.41, 5.74) is 0. The Morgan fingerprint density at radius 3 is 2.89 bits per heavy atom. The van der Waals surface area contributed by atoms with Crippen molar-refractivity contribution in [2.24, 2.45) is 0 Å². The number of rotatable bonds is 4. The summed E-state index contributed by atoms with van der Waals surface area (Å²) >= 11 is 1.44. The standard InChI is InChI=1S/C12H21N3O2S/c1-8(2)11-13-12(18-14-11)15-4-5-17-7-10(15)6-9(3)16/h8-10,16H,4-7H2,1-3H3. The van der Waals surface area contributed by atoms with Gasteiger partial charge in [0.05, 0.1) is 25.4 Å². The van der Waals surface area contributed by atoms with Gasteiger partial charge in [0.1, 0.15) is 5.82 Å². The highest BCUT2D eigenvalue weighted by Crippen LogP contribution is 2.26. The Balaban J connectivity index is 2.11. The summed E-state index contributed by atoms with van der Waals surface area (Å²) in [7, 11) is 0. The molecule has 0 saturated carbocycles. The van der Waals surface area contributed by atoms with Crippen LogP contribution >= 0.6 is 11.5 Å². The largest absolute Gasteiger partial charge is 0.393 e. The normalized spacial score (nSPS) is 22.5. The molecule has 1 aliphatic rings. The molecule has 0 radical (unpaired) electrons.